The van der Waals surface area contributed by atoms with Crippen LogP contribution in [0.1, 0.15) is 39.0 Å². The lowest BCUT2D eigenvalue weighted by molar-refractivity contribution is -0.174. The Morgan fingerprint density at radius 2 is 2.00 bits per heavy atom. The summed E-state index contributed by atoms with van der Waals surface area (Å²) in [6.45, 7) is 1.82. The van der Waals surface area contributed by atoms with E-state index in [1.54, 1.807) is 0 Å². The first kappa shape index (κ1) is 16.8. The number of carboxylic acids is 1. The summed E-state index contributed by atoms with van der Waals surface area (Å²) in [5.41, 5.74) is 0. The van der Waals surface area contributed by atoms with Crippen LogP contribution in [-0.2, 0) is 9.59 Å². The number of hydrogen-bond donors (Lipinski definition) is 2. The van der Waals surface area contributed by atoms with Crippen LogP contribution in [0.15, 0.2) is 0 Å². The van der Waals surface area contributed by atoms with Gasteiger partial charge in [0.1, 0.15) is 0 Å². The van der Waals surface area contributed by atoms with Crippen molar-refractivity contribution in [2.24, 2.45) is 17.8 Å². The zero-order chi connectivity index (χ0) is 15.3. The molecule has 1 saturated carbocycles. The number of rotatable bonds is 5. The molecule has 2 N–H and O–H groups in total. The molecule has 0 heterocycles. The Labute approximate surface area is 115 Å². The van der Waals surface area contributed by atoms with E-state index in [-0.39, 0.29) is 18.9 Å². The fourth-order valence-corrected chi connectivity index (χ4v) is 2.86. The zero-order valence-electron chi connectivity index (χ0n) is 11.4. The van der Waals surface area contributed by atoms with Gasteiger partial charge < -0.3 is 10.4 Å². The zero-order valence-corrected chi connectivity index (χ0v) is 11.4. The molecule has 0 aromatic carbocycles. The highest BCUT2D eigenvalue weighted by Crippen LogP contribution is 2.34. The molecule has 1 rings (SSSR count). The van der Waals surface area contributed by atoms with Crippen LogP contribution in [0, 0.1) is 17.8 Å². The highest BCUT2D eigenvalue weighted by atomic mass is 19.4. The van der Waals surface area contributed by atoms with Crippen molar-refractivity contribution in [1.29, 1.82) is 0 Å². The smallest absolute Gasteiger partial charge is 0.471 e. The minimum absolute atomic E-state index is 0.0587. The highest BCUT2D eigenvalue weighted by molar-refractivity contribution is 5.81. The van der Waals surface area contributed by atoms with E-state index < -0.39 is 24.0 Å². The number of carbonyl (C=O) groups excluding carboxylic acids is 1. The van der Waals surface area contributed by atoms with Crippen LogP contribution in [0.2, 0.25) is 0 Å². The van der Waals surface area contributed by atoms with E-state index >= 15 is 0 Å². The lowest BCUT2D eigenvalue weighted by Crippen LogP contribution is -2.41. The van der Waals surface area contributed by atoms with Gasteiger partial charge in [0.15, 0.2) is 0 Å². The first-order chi connectivity index (χ1) is 9.20. The van der Waals surface area contributed by atoms with Gasteiger partial charge in [0.05, 0.1) is 6.42 Å². The number of hydrogen-bond acceptors (Lipinski definition) is 2. The SMILES string of the molecule is CC1CCCC(C(CNC(=O)C(F)(F)F)CC(=O)O)C1. The van der Waals surface area contributed by atoms with E-state index in [4.69, 9.17) is 5.11 Å². The molecule has 0 aromatic heterocycles. The Morgan fingerprint density at radius 1 is 1.35 bits per heavy atom. The number of amides is 1. The molecule has 3 atom stereocenters. The number of nitrogens with one attached hydrogen (secondary N) is 1. The van der Waals surface area contributed by atoms with Crippen molar-refractivity contribution in [2.75, 3.05) is 6.54 Å². The molecule has 4 nitrogen and oxygen atoms in total. The molecule has 1 amide bonds. The number of alkyl halides is 3. The molecule has 0 radical (unpaired) electrons. The second kappa shape index (κ2) is 6.95. The summed E-state index contributed by atoms with van der Waals surface area (Å²) < 4.78 is 36.4. The topological polar surface area (TPSA) is 66.4 Å². The molecule has 20 heavy (non-hydrogen) atoms. The van der Waals surface area contributed by atoms with Gasteiger partial charge in [-0.25, -0.2) is 0 Å². The van der Waals surface area contributed by atoms with Gasteiger partial charge in [-0.05, 0) is 24.2 Å². The Bertz CT molecular complexity index is 357. The van der Waals surface area contributed by atoms with E-state index in [2.05, 4.69) is 6.92 Å². The van der Waals surface area contributed by atoms with E-state index in [9.17, 15) is 22.8 Å². The van der Waals surface area contributed by atoms with Crippen LogP contribution in [0.3, 0.4) is 0 Å². The first-order valence-corrected chi connectivity index (χ1v) is 6.77. The van der Waals surface area contributed by atoms with Crippen molar-refractivity contribution in [1.82, 2.24) is 5.32 Å². The monoisotopic (exact) mass is 295 g/mol. The average molecular weight is 295 g/mol. The molecule has 7 heteroatoms. The van der Waals surface area contributed by atoms with Gasteiger partial charge in [-0.1, -0.05) is 26.2 Å². The third-order valence-corrected chi connectivity index (χ3v) is 3.86. The van der Waals surface area contributed by atoms with Crippen LogP contribution < -0.4 is 5.32 Å². The van der Waals surface area contributed by atoms with E-state index in [1.807, 2.05) is 5.32 Å². The van der Waals surface area contributed by atoms with Crippen LogP contribution in [0.25, 0.3) is 0 Å². The second-order valence-corrected chi connectivity index (χ2v) is 5.60. The predicted molar refractivity (Wildman–Crippen MR) is 65.9 cm³/mol. The van der Waals surface area contributed by atoms with Crippen molar-refractivity contribution in [3.63, 3.8) is 0 Å². The third-order valence-electron chi connectivity index (χ3n) is 3.86. The summed E-state index contributed by atoms with van der Waals surface area (Å²) in [5, 5.41) is 10.7. The van der Waals surface area contributed by atoms with Gasteiger partial charge in [0.25, 0.3) is 0 Å². The molecule has 0 aromatic rings. The molecular weight excluding hydrogens is 275 g/mol. The Balaban J connectivity index is 2.60. The number of carboxylic acid groups (broad SMARTS) is 1. The summed E-state index contributed by atoms with van der Waals surface area (Å²) in [6, 6.07) is 0. The van der Waals surface area contributed by atoms with Gasteiger partial charge in [0.2, 0.25) is 0 Å². The molecule has 3 unspecified atom stereocenters. The minimum atomic E-state index is -4.92. The standard InChI is InChI=1S/C13H20F3NO3/c1-8-3-2-4-9(5-8)10(6-11(18)19)7-17-12(20)13(14,15)16/h8-10H,2-7H2,1H3,(H,17,20)(H,18,19). The molecule has 116 valence electrons. The number of halogens is 3. The van der Waals surface area contributed by atoms with Crippen molar-refractivity contribution in [2.45, 2.75) is 45.2 Å². The number of aliphatic carboxylic acids is 1. The van der Waals surface area contributed by atoms with Gasteiger partial charge >= 0.3 is 18.1 Å². The molecule has 0 aliphatic heterocycles. The van der Waals surface area contributed by atoms with Crippen LogP contribution in [0.5, 0.6) is 0 Å². The first-order valence-electron chi connectivity index (χ1n) is 6.77. The van der Waals surface area contributed by atoms with Crippen LogP contribution in [-0.4, -0.2) is 29.7 Å². The van der Waals surface area contributed by atoms with Crippen LogP contribution >= 0.6 is 0 Å². The van der Waals surface area contributed by atoms with Crippen molar-refractivity contribution >= 4 is 11.9 Å². The summed E-state index contributed by atoms with van der Waals surface area (Å²) in [5.74, 6) is -2.99. The van der Waals surface area contributed by atoms with E-state index in [1.165, 1.54) is 0 Å². The van der Waals surface area contributed by atoms with Crippen LogP contribution in [0.4, 0.5) is 13.2 Å². The van der Waals surface area contributed by atoms with Gasteiger partial charge in [0, 0.05) is 6.54 Å². The highest BCUT2D eigenvalue weighted by Gasteiger charge is 2.39. The maximum absolute atomic E-state index is 12.1. The quantitative estimate of drug-likeness (QED) is 0.819. The summed E-state index contributed by atoms with van der Waals surface area (Å²) in [7, 11) is 0. The summed E-state index contributed by atoms with van der Waals surface area (Å²) in [4.78, 5) is 21.7. The molecule has 1 fully saturated rings. The Hall–Kier alpha value is -1.27. The van der Waals surface area contributed by atoms with E-state index in [0.717, 1.165) is 25.7 Å². The molecule has 1 aliphatic rings. The third kappa shape index (κ3) is 5.38. The van der Waals surface area contributed by atoms with Crippen molar-refractivity contribution < 1.29 is 27.9 Å². The van der Waals surface area contributed by atoms with Gasteiger partial charge in [-0.3, -0.25) is 9.59 Å². The average Bonchev–Trinajstić information content (AvgIpc) is 2.32. The molecule has 0 saturated heterocycles. The van der Waals surface area contributed by atoms with E-state index in [0.29, 0.717) is 5.92 Å². The largest absolute Gasteiger partial charge is 0.481 e. The predicted octanol–water partition coefficient (Wildman–Crippen LogP) is 2.58. The maximum Gasteiger partial charge on any atom is 0.471 e. The lowest BCUT2D eigenvalue weighted by atomic mass is 9.74. The molecule has 0 spiro atoms. The fourth-order valence-electron chi connectivity index (χ4n) is 2.86. The van der Waals surface area contributed by atoms with Crippen molar-refractivity contribution in [3.8, 4) is 0 Å². The Kier molecular flexibility index (Phi) is 5.83. The normalized spacial score (nSPS) is 25.0. The summed E-state index contributed by atoms with van der Waals surface area (Å²) >= 11 is 0. The minimum Gasteiger partial charge on any atom is -0.481 e. The van der Waals surface area contributed by atoms with Gasteiger partial charge in [-0.15, -0.1) is 0 Å². The summed E-state index contributed by atoms with van der Waals surface area (Å²) in [6.07, 6.45) is -1.51. The molecule has 1 aliphatic carbocycles. The molecular formula is C13H20F3NO3. The Morgan fingerprint density at radius 3 is 2.50 bits per heavy atom. The number of carbonyl (C=O) groups is 2. The fraction of sp³-hybridized carbons (Fsp3) is 0.846. The van der Waals surface area contributed by atoms with Gasteiger partial charge in [-0.2, -0.15) is 13.2 Å². The second-order valence-electron chi connectivity index (χ2n) is 5.60. The molecule has 0 bridgehead atoms. The maximum atomic E-state index is 12.1. The lowest BCUT2D eigenvalue weighted by Gasteiger charge is -2.32. The van der Waals surface area contributed by atoms with Crippen molar-refractivity contribution in [3.05, 3.63) is 0 Å².